The highest BCUT2D eigenvalue weighted by Crippen LogP contribution is 2.32. The molecule has 0 spiro atoms. The van der Waals surface area contributed by atoms with Gasteiger partial charge in [0.1, 0.15) is 0 Å². The van der Waals surface area contributed by atoms with Crippen molar-refractivity contribution >= 4 is 16.8 Å². The first-order valence-corrected chi connectivity index (χ1v) is 13.0. The predicted octanol–water partition coefficient (Wildman–Crippen LogP) is 6.77. The summed E-state index contributed by atoms with van der Waals surface area (Å²) in [5.74, 6) is -0.0678. The Morgan fingerprint density at radius 3 is 2.65 bits per heavy atom. The van der Waals surface area contributed by atoms with Crippen LogP contribution < -0.4 is 5.32 Å². The van der Waals surface area contributed by atoms with Crippen molar-refractivity contribution in [1.82, 2.24) is 20.1 Å². The third-order valence-electron chi connectivity index (χ3n) is 7.51. The number of benzene rings is 3. The highest BCUT2D eigenvalue weighted by atomic mass is 16.1. The Morgan fingerprint density at radius 1 is 1.03 bits per heavy atom. The van der Waals surface area contributed by atoms with E-state index in [1.165, 1.54) is 16.7 Å². The normalized spacial score (nSPS) is 14.9. The molecule has 1 amide bonds. The summed E-state index contributed by atoms with van der Waals surface area (Å²) in [5.41, 5.74) is 8.96. The van der Waals surface area contributed by atoms with Gasteiger partial charge in [0.2, 0.25) is 0 Å². The Bertz CT molecular complexity index is 1600. The Morgan fingerprint density at radius 2 is 1.81 bits per heavy atom. The van der Waals surface area contributed by atoms with Crippen molar-refractivity contribution in [3.63, 3.8) is 0 Å². The zero-order valence-corrected chi connectivity index (χ0v) is 21.2. The molecular formula is C32H30N4O. The summed E-state index contributed by atoms with van der Waals surface area (Å²) < 4.78 is 1.93. The molecule has 0 bridgehead atoms. The van der Waals surface area contributed by atoms with E-state index in [1.54, 1.807) is 0 Å². The molecule has 0 saturated heterocycles. The first kappa shape index (κ1) is 23.2. The summed E-state index contributed by atoms with van der Waals surface area (Å²) in [5, 5.41) is 8.85. The first-order chi connectivity index (χ1) is 18.1. The minimum atomic E-state index is -0.0678. The smallest absolute Gasteiger partial charge is 0.252 e. The number of aromatic nitrogens is 3. The predicted molar refractivity (Wildman–Crippen MR) is 148 cm³/mol. The number of hydrogen-bond donors (Lipinski definition) is 1. The van der Waals surface area contributed by atoms with Crippen molar-refractivity contribution < 1.29 is 4.79 Å². The molecule has 1 N–H and O–H groups in total. The van der Waals surface area contributed by atoms with Gasteiger partial charge < -0.3 is 5.32 Å². The third kappa shape index (κ3) is 4.31. The quantitative estimate of drug-likeness (QED) is 0.298. The van der Waals surface area contributed by atoms with Crippen LogP contribution in [0.5, 0.6) is 0 Å². The largest absolute Gasteiger partial charge is 0.345 e. The van der Waals surface area contributed by atoms with E-state index < -0.39 is 0 Å². The molecule has 6 rings (SSSR count). The van der Waals surface area contributed by atoms with E-state index in [0.29, 0.717) is 5.56 Å². The molecule has 37 heavy (non-hydrogen) atoms. The molecular weight excluding hydrogens is 456 g/mol. The van der Waals surface area contributed by atoms with Crippen LogP contribution in [0.3, 0.4) is 0 Å². The van der Waals surface area contributed by atoms with Gasteiger partial charge in [-0.05, 0) is 73.6 Å². The molecule has 5 aromatic rings. The highest BCUT2D eigenvalue weighted by molar-refractivity contribution is 6.07. The van der Waals surface area contributed by atoms with Crippen LogP contribution in [0.25, 0.3) is 27.8 Å². The number of hydrogen-bond acceptors (Lipinski definition) is 3. The molecule has 1 unspecified atom stereocenters. The van der Waals surface area contributed by atoms with Crippen molar-refractivity contribution in [2.45, 2.75) is 45.6 Å². The molecule has 0 aliphatic heterocycles. The average molecular weight is 487 g/mol. The lowest BCUT2D eigenvalue weighted by Crippen LogP contribution is -2.31. The number of nitrogens with zero attached hydrogens (tertiary/aromatic N) is 3. The van der Waals surface area contributed by atoms with Crippen LogP contribution in [0, 0.1) is 6.92 Å². The van der Waals surface area contributed by atoms with E-state index in [2.05, 4.69) is 65.9 Å². The Hall–Kier alpha value is -4.25. The fourth-order valence-corrected chi connectivity index (χ4v) is 5.44. The number of aryl methyl sites for hydroxylation is 2. The molecule has 5 nitrogen and oxygen atoms in total. The van der Waals surface area contributed by atoms with Gasteiger partial charge in [0.05, 0.1) is 40.4 Å². The second-order valence-corrected chi connectivity index (χ2v) is 9.76. The Kier molecular flexibility index (Phi) is 6.05. The second kappa shape index (κ2) is 9.66. The van der Waals surface area contributed by atoms with Crippen LogP contribution in [-0.2, 0) is 12.8 Å². The van der Waals surface area contributed by atoms with Crippen molar-refractivity contribution in [3.8, 4) is 16.9 Å². The van der Waals surface area contributed by atoms with Crippen LogP contribution in [0.15, 0.2) is 85.1 Å². The average Bonchev–Trinajstić information content (AvgIpc) is 3.33. The minimum Gasteiger partial charge on any atom is -0.345 e. The topological polar surface area (TPSA) is 59.8 Å². The molecule has 184 valence electrons. The summed E-state index contributed by atoms with van der Waals surface area (Å²) >= 11 is 0. The van der Waals surface area contributed by atoms with E-state index in [-0.39, 0.29) is 11.9 Å². The number of nitrogens with one attached hydrogen (secondary N) is 1. The minimum absolute atomic E-state index is 0.0170. The molecule has 2 heterocycles. The van der Waals surface area contributed by atoms with Gasteiger partial charge in [0.25, 0.3) is 5.91 Å². The van der Waals surface area contributed by atoms with Crippen molar-refractivity contribution in [2.75, 3.05) is 0 Å². The number of pyridine rings is 1. The van der Waals surface area contributed by atoms with Gasteiger partial charge in [0.15, 0.2) is 0 Å². The maximum absolute atomic E-state index is 13.7. The summed E-state index contributed by atoms with van der Waals surface area (Å²) in [6.45, 7) is 4.20. The van der Waals surface area contributed by atoms with Gasteiger partial charge in [-0.3, -0.25) is 4.79 Å². The number of carbonyl (C=O) groups is 1. The Balaban J connectivity index is 1.38. The van der Waals surface area contributed by atoms with E-state index in [9.17, 15) is 4.79 Å². The molecule has 0 radical (unpaired) electrons. The lowest BCUT2D eigenvalue weighted by atomic mass is 9.87. The maximum Gasteiger partial charge on any atom is 0.252 e. The van der Waals surface area contributed by atoms with Gasteiger partial charge in [-0.25, -0.2) is 9.67 Å². The monoisotopic (exact) mass is 486 g/mol. The van der Waals surface area contributed by atoms with Crippen molar-refractivity contribution in [2.24, 2.45) is 0 Å². The van der Waals surface area contributed by atoms with Crippen LogP contribution in [0.4, 0.5) is 0 Å². The van der Waals surface area contributed by atoms with Gasteiger partial charge in [0, 0.05) is 10.9 Å². The zero-order chi connectivity index (χ0) is 25.4. The third-order valence-corrected chi connectivity index (χ3v) is 7.51. The van der Waals surface area contributed by atoms with E-state index in [0.717, 1.165) is 59.2 Å². The fraction of sp³-hybridized carbons (Fsp3) is 0.219. The van der Waals surface area contributed by atoms with E-state index >= 15 is 0 Å². The van der Waals surface area contributed by atoms with Crippen molar-refractivity contribution in [3.05, 3.63) is 113 Å². The molecule has 2 aromatic heterocycles. The number of carbonyl (C=O) groups excluding carboxylic acids is 1. The molecule has 0 saturated carbocycles. The SMILES string of the molecule is CCc1ccc(-n2ncc(-c3cc(C(=O)NC4CCCc5ccccc54)c4ccccc4n3)c2C)cc1. The summed E-state index contributed by atoms with van der Waals surface area (Å²) in [7, 11) is 0. The fourth-order valence-electron chi connectivity index (χ4n) is 5.44. The van der Waals surface area contributed by atoms with Gasteiger partial charge in [-0.1, -0.05) is 61.5 Å². The van der Waals surface area contributed by atoms with Crippen LogP contribution >= 0.6 is 0 Å². The van der Waals surface area contributed by atoms with Gasteiger partial charge in [-0.15, -0.1) is 0 Å². The molecule has 3 aromatic carbocycles. The number of fused-ring (bicyclic) bond motifs is 2. The first-order valence-electron chi connectivity index (χ1n) is 13.0. The second-order valence-electron chi connectivity index (χ2n) is 9.76. The molecule has 1 aliphatic carbocycles. The van der Waals surface area contributed by atoms with Crippen LogP contribution in [-0.4, -0.2) is 20.7 Å². The molecule has 1 atom stereocenters. The van der Waals surface area contributed by atoms with Crippen LogP contribution in [0.2, 0.25) is 0 Å². The molecule has 5 heteroatoms. The Labute approximate surface area is 217 Å². The number of rotatable bonds is 5. The van der Waals surface area contributed by atoms with Gasteiger partial charge in [-0.2, -0.15) is 5.10 Å². The lowest BCUT2D eigenvalue weighted by Gasteiger charge is -2.26. The van der Waals surface area contributed by atoms with Crippen molar-refractivity contribution in [1.29, 1.82) is 0 Å². The van der Waals surface area contributed by atoms with Gasteiger partial charge >= 0.3 is 0 Å². The standard InChI is InChI=1S/C32H30N4O/c1-3-22-15-17-24(18-16-22)36-21(2)28(20-33-36)31-19-27(26-12-6-7-13-30(26)34-31)32(37)35-29-14-8-10-23-9-4-5-11-25(23)29/h4-7,9,11-13,15-20,29H,3,8,10,14H2,1-2H3,(H,35,37). The van der Waals surface area contributed by atoms with E-state index in [1.807, 2.05) is 48.1 Å². The highest BCUT2D eigenvalue weighted by Gasteiger charge is 2.24. The zero-order valence-electron chi connectivity index (χ0n) is 21.2. The molecule has 0 fully saturated rings. The number of para-hydroxylation sites is 1. The summed E-state index contributed by atoms with van der Waals surface area (Å²) in [4.78, 5) is 18.7. The lowest BCUT2D eigenvalue weighted by molar-refractivity contribution is 0.0934. The molecule has 1 aliphatic rings. The summed E-state index contributed by atoms with van der Waals surface area (Å²) in [6, 6.07) is 26.7. The summed E-state index contributed by atoms with van der Waals surface area (Å²) in [6.07, 6.45) is 5.93. The maximum atomic E-state index is 13.7. The van der Waals surface area contributed by atoms with E-state index in [4.69, 9.17) is 4.98 Å². The van der Waals surface area contributed by atoms with Crippen LogP contribution in [0.1, 0.15) is 58.5 Å². The number of amides is 1.